The number of rotatable bonds is 12. The zero-order valence-electron chi connectivity index (χ0n) is 25.9. The minimum atomic E-state index is -4.20. The number of amides is 1. The minimum absolute atomic E-state index is 0.00356. The molecule has 44 heavy (non-hydrogen) atoms. The fraction of sp³-hybridized carbons (Fsp3) is 0.562. The Morgan fingerprint density at radius 3 is 2.32 bits per heavy atom. The van der Waals surface area contributed by atoms with Gasteiger partial charge in [0.2, 0.25) is 0 Å². The molecule has 3 fully saturated rings. The molecule has 3 aliphatic rings. The van der Waals surface area contributed by atoms with E-state index in [-0.39, 0.29) is 38.1 Å². The van der Waals surface area contributed by atoms with E-state index in [1.54, 1.807) is 39.8 Å². The maximum atomic E-state index is 13.8. The predicted octanol–water partition coefficient (Wildman–Crippen LogP) is 2.99. The molecule has 0 unspecified atom stereocenters. The van der Waals surface area contributed by atoms with Crippen molar-refractivity contribution in [2.24, 2.45) is 5.92 Å². The van der Waals surface area contributed by atoms with Gasteiger partial charge in [0, 0.05) is 0 Å². The Morgan fingerprint density at radius 1 is 1.02 bits per heavy atom. The van der Waals surface area contributed by atoms with Crippen molar-refractivity contribution in [1.82, 2.24) is 4.90 Å². The van der Waals surface area contributed by atoms with Crippen LogP contribution in [0.4, 0.5) is 0 Å². The van der Waals surface area contributed by atoms with Gasteiger partial charge in [0.15, 0.2) is 0 Å². The summed E-state index contributed by atoms with van der Waals surface area (Å²) in [5.74, 6) is -2.75. The van der Waals surface area contributed by atoms with Crippen LogP contribution >= 0.6 is 0 Å². The first-order valence-electron chi connectivity index (χ1n) is 14.9. The van der Waals surface area contributed by atoms with Crippen molar-refractivity contribution in [1.29, 1.82) is 0 Å². The van der Waals surface area contributed by atoms with E-state index in [0.29, 0.717) is 11.7 Å². The van der Waals surface area contributed by atoms with Gasteiger partial charge in [-0.3, -0.25) is 0 Å². The molecule has 0 N–H and O–H groups in total. The maximum absolute atomic E-state index is 13.8. The topological polar surface area (TPSA) is 118 Å². The van der Waals surface area contributed by atoms with E-state index in [1.165, 1.54) is 17.0 Å². The summed E-state index contributed by atoms with van der Waals surface area (Å²) in [5.41, 5.74) is 0.903. The Bertz CT molecular complexity index is 1450. The van der Waals surface area contributed by atoms with Crippen molar-refractivity contribution in [3.8, 4) is 0 Å². The summed E-state index contributed by atoms with van der Waals surface area (Å²) in [6, 6.07) is 14.4. The molecule has 6 atom stereocenters. The molecule has 0 aliphatic carbocycles. The molecule has 3 heterocycles. The van der Waals surface area contributed by atoms with Gasteiger partial charge in [-0.05, 0) is 6.92 Å². The van der Waals surface area contributed by atoms with Gasteiger partial charge in [0.05, 0.1) is 0 Å². The molecular formula is C32H41NO9SSe. The Morgan fingerprint density at radius 2 is 1.70 bits per heavy atom. The molecule has 240 valence electrons. The number of carbonyl (C=O) groups excluding carboxylic acids is 2. The molecular weight excluding hydrogens is 653 g/mol. The number of benzene rings is 2. The first-order valence-corrected chi connectivity index (χ1v) is 18.4. The van der Waals surface area contributed by atoms with Crippen molar-refractivity contribution < 1.29 is 41.1 Å². The second kappa shape index (κ2) is 12.9. The average molecular weight is 695 g/mol. The van der Waals surface area contributed by atoms with Crippen LogP contribution in [0, 0.1) is 12.8 Å². The monoisotopic (exact) mass is 695 g/mol. The summed E-state index contributed by atoms with van der Waals surface area (Å²) in [7, 11) is -4.20. The molecule has 10 nitrogen and oxygen atoms in total. The molecule has 0 saturated carbocycles. The molecule has 2 aromatic carbocycles. The van der Waals surface area contributed by atoms with Gasteiger partial charge in [-0.15, -0.1) is 0 Å². The first-order chi connectivity index (χ1) is 20.7. The molecule has 1 amide bonds. The van der Waals surface area contributed by atoms with E-state index in [2.05, 4.69) is 0 Å². The van der Waals surface area contributed by atoms with E-state index in [4.69, 9.17) is 23.1 Å². The second-order valence-electron chi connectivity index (χ2n) is 12.3. The number of ether oxygens (including phenoxy) is 4. The van der Waals surface area contributed by atoms with E-state index in [1.807, 2.05) is 44.2 Å². The molecule has 0 aromatic heterocycles. The van der Waals surface area contributed by atoms with Gasteiger partial charge in [0.25, 0.3) is 0 Å². The Kier molecular flexibility index (Phi) is 9.76. The molecule has 0 radical (unpaired) electrons. The number of likely N-dealkylation sites (tertiary alicyclic amines) is 1. The fourth-order valence-corrected chi connectivity index (χ4v) is 8.69. The molecule has 0 spiro atoms. The SMILES string of the molecule is CC[C@@H]1C(=O)N([C@@H](COS(=O)(=O)c2ccc(C)cc2)[C@H]2OC(C)(C)O[C@@H]2[C@H]2COC(C)(C)O2)[C@@H]1C(=O)C[Se]c1ccccc1. The van der Waals surface area contributed by atoms with Crippen molar-refractivity contribution in [2.45, 2.75) is 100 Å². The number of Topliss-reactive ketones (excluding diaryl/α,β-unsaturated/α-hetero) is 1. The summed E-state index contributed by atoms with van der Waals surface area (Å²) in [5, 5.41) is 0.294. The van der Waals surface area contributed by atoms with Gasteiger partial charge < -0.3 is 0 Å². The zero-order chi connectivity index (χ0) is 31.9. The van der Waals surface area contributed by atoms with Crippen molar-refractivity contribution in [3.05, 3.63) is 60.2 Å². The predicted molar refractivity (Wildman–Crippen MR) is 163 cm³/mol. The Labute approximate surface area is 266 Å². The number of carbonyl (C=O) groups is 2. The summed E-state index contributed by atoms with van der Waals surface area (Å²) >= 11 is -0.125. The van der Waals surface area contributed by atoms with Crippen LogP contribution in [0.25, 0.3) is 0 Å². The molecule has 3 aliphatic heterocycles. The number of ketones is 1. The summed E-state index contributed by atoms with van der Waals surface area (Å²) in [4.78, 5) is 29.0. The van der Waals surface area contributed by atoms with Gasteiger partial charge in [-0.1, -0.05) is 0 Å². The standard InChI is InChI=1S/C32H41NO9SSe/c1-7-23-27(25(34)19-44-22-11-9-8-10-12-22)33(30(23)35)24(17-39-43(36,37)21-15-13-20(2)14-16-21)28-29(42-32(5,6)41-28)26-18-38-31(3,4)40-26/h8-16,23-24,26-29H,7,17-19H2,1-6H3/t23-,24-,26+,27-,28+,29+/m0/s1. The normalized spacial score (nSPS) is 28.5. The summed E-state index contributed by atoms with van der Waals surface area (Å²) in [6.07, 6.45) is -1.66. The number of aryl methyl sites for hydroxylation is 1. The average Bonchev–Trinajstić information content (AvgIpc) is 3.50. The molecule has 5 rings (SSSR count). The second-order valence-corrected chi connectivity index (χ2v) is 16.1. The number of hydrogen-bond donors (Lipinski definition) is 0. The summed E-state index contributed by atoms with van der Waals surface area (Å²) < 4.78 is 58.0. The fourth-order valence-electron chi connectivity index (χ4n) is 6.02. The third-order valence-corrected chi connectivity index (χ3v) is 11.6. The van der Waals surface area contributed by atoms with Gasteiger partial charge in [-0.2, -0.15) is 0 Å². The van der Waals surface area contributed by atoms with E-state index in [0.717, 1.165) is 10.0 Å². The van der Waals surface area contributed by atoms with Crippen LogP contribution in [0.2, 0.25) is 5.32 Å². The third-order valence-electron chi connectivity index (χ3n) is 8.15. The Balaban J connectivity index is 1.46. The first kappa shape index (κ1) is 33.2. The molecule has 3 saturated heterocycles. The Hall–Kier alpha value is -2.15. The molecule has 12 heteroatoms. The van der Waals surface area contributed by atoms with Gasteiger partial charge in [0.1, 0.15) is 0 Å². The van der Waals surface area contributed by atoms with Crippen LogP contribution in [0.3, 0.4) is 0 Å². The zero-order valence-corrected chi connectivity index (χ0v) is 28.5. The van der Waals surface area contributed by atoms with Crippen molar-refractivity contribution in [2.75, 3.05) is 13.2 Å². The van der Waals surface area contributed by atoms with Gasteiger partial charge >= 0.3 is 260 Å². The van der Waals surface area contributed by atoms with Crippen LogP contribution < -0.4 is 4.46 Å². The van der Waals surface area contributed by atoms with Crippen LogP contribution in [0.15, 0.2) is 59.5 Å². The van der Waals surface area contributed by atoms with E-state index < -0.39 is 64.6 Å². The van der Waals surface area contributed by atoms with Crippen LogP contribution in [0.5, 0.6) is 0 Å². The quantitative estimate of drug-likeness (QED) is 0.188. The van der Waals surface area contributed by atoms with Crippen LogP contribution in [-0.2, 0) is 42.8 Å². The van der Waals surface area contributed by atoms with E-state index >= 15 is 0 Å². The van der Waals surface area contributed by atoms with Crippen LogP contribution in [-0.4, -0.2) is 95.1 Å². The number of nitrogens with zero attached hydrogens (tertiary/aromatic N) is 1. The number of hydrogen-bond acceptors (Lipinski definition) is 9. The number of β-lactam (4-membered cyclic amide) rings is 1. The van der Waals surface area contributed by atoms with Crippen molar-refractivity contribution in [3.63, 3.8) is 0 Å². The van der Waals surface area contributed by atoms with Gasteiger partial charge in [-0.25, -0.2) is 0 Å². The van der Waals surface area contributed by atoms with Crippen molar-refractivity contribution >= 4 is 41.2 Å². The molecule has 2 aromatic rings. The molecule has 0 bridgehead atoms. The van der Waals surface area contributed by atoms with E-state index in [9.17, 15) is 18.0 Å². The third kappa shape index (κ3) is 7.13. The summed E-state index contributed by atoms with van der Waals surface area (Å²) in [6.45, 7) is 10.6. The van der Waals surface area contributed by atoms with Crippen LogP contribution in [0.1, 0.15) is 46.6 Å².